The number of carbonyl (C=O) groups excluding carboxylic acids is 1. The number of ether oxygens (including phenoxy) is 1. The number of fused-ring (bicyclic) bond motifs is 1. The summed E-state index contributed by atoms with van der Waals surface area (Å²) >= 11 is 1.50. The molecule has 0 unspecified atom stereocenters. The van der Waals surface area contributed by atoms with Crippen molar-refractivity contribution in [3.63, 3.8) is 0 Å². The van der Waals surface area contributed by atoms with Crippen LogP contribution in [0.3, 0.4) is 0 Å². The van der Waals surface area contributed by atoms with Gasteiger partial charge in [0.1, 0.15) is 17.1 Å². The standard InChI is InChI=1S/C23H28N4O4S2/c1-16(22(28)26-23-20(15-24)19-8-3-2-4-9-21(19)32-23)25-17-6-5-7-18(14-17)33(29,30)27-10-12-31-13-11-27/h5-7,14,16,25H,2-4,8-13H2,1H3,(H,26,28)/t16-/m0/s1. The van der Waals surface area contributed by atoms with Gasteiger partial charge in [0, 0.05) is 23.7 Å². The van der Waals surface area contributed by atoms with E-state index in [1.807, 2.05) is 0 Å². The summed E-state index contributed by atoms with van der Waals surface area (Å²) < 4.78 is 32.5. The topological polar surface area (TPSA) is 112 Å². The van der Waals surface area contributed by atoms with Crippen molar-refractivity contribution in [2.75, 3.05) is 36.9 Å². The summed E-state index contributed by atoms with van der Waals surface area (Å²) in [5.41, 5.74) is 2.20. The quantitative estimate of drug-likeness (QED) is 0.603. The summed E-state index contributed by atoms with van der Waals surface area (Å²) in [7, 11) is -3.62. The Kier molecular flexibility index (Phi) is 7.34. The molecule has 0 bridgehead atoms. The van der Waals surface area contributed by atoms with Crippen LogP contribution in [0.2, 0.25) is 0 Å². The minimum atomic E-state index is -3.62. The molecule has 2 aromatic rings. The second-order valence-corrected chi connectivity index (χ2v) is 11.3. The molecule has 1 amide bonds. The Balaban J connectivity index is 1.46. The molecule has 2 heterocycles. The number of rotatable bonds is 6. The first-order valence-electron chi connectivity index (χ1n) is 11.2. The average molecular weight is 489 g/mol. The number of hydrogen-bond donors (Lipinski definition) is 2. The van der Waals surface area contributed by atoms with Gasteiger partial charge in [0.2, 0.25) is 15.9 Å². The van der Waals surface area contributed by atoms with Crippen molar-refractivity contribution in [3.8, 4) is 6.07 Å². The van der Waals surface area contributed by atoms with Crippen LogP contribution in [0.25, 0.3) is 0 Å². The van der Waals surface area contributed by atoms with Gasteiger partial charge in [-0.3, -0.25) is 4.79 Å². The highest BCUT2D eigenvalue weighted by atomic mass is 32.2. The molecule has 0 spiro atoms. The van der Waals surface area contributed by atoms with Gasteiger partial charge in [-0.1, -0.05) is 12.5 Å². The third-order valence-electron chi connectivity index (χ3n) is 5.99. The summed E-state index contributed by atoms with van der Waals surface area (Å²) in [4.78, 5) is 14.3. The zero-order valence-corrected chi connectivity index (χ0v) is 20.2. The summed E-state index contributed by atoms with van der Waals surface area (Å²) in [6.45, 7) is 3.12. The number of nitrogens with zero attached hydrogens (tertiary/aromatic N) is 2. The molecule has 4 rings (SSSR count). The van der Waals surface area contributed by atoms with E-state index in [1.165, 1.54) is 20.5 Å². The van der Waals surface area contributed by atoms with Crippen LogP contribution in [0.1, 0.15) is 42.2 Å². The number of aryl methyl sites for hydroxylation is 1. The van der Waals surface area contributed by atoms with Gasteiger partial charge >= 0.3 is 0 Å². The van der Waals surface area contributed by atoms with E-state index < -0.39 is 16.1 Å². The molecule has 1 saturated heterocycles. The second kappa shape index (κ2) is 10.2. The fraction of sp³-hybridized carbons (Fsp3) is 0.478. The van der Waals surface area contributed by atoms with Crippen molar-refractivity contribution in [1.29, 1.82) is 5.26 Å². The van der Waals surface area contributed by atoms with Crippen molar-refractivity contribution in [1.82, 2.24) is 4.31 Å². The number of nitriles is 1. The SMILES string of the molecule is C[C@H](Nc1cccc(S(=O)(=O)N2CCOCC2)c1)C(=O)Nc1sc2c(c1C#N)CCCCC2. The molecule has 1 aliphatic carbocycles. The van der Waals surface area contributed by atoms with Crippen LogP contribution >= 0.6 is 11.3 Å². The number of sulfonamides is 1. The number of hydrogen-bond acceptors (Lipinski definition) is 7. The lowest BCUT2D eigenvalue weighted by atomic mass is 10.1. The van der Waals surface area contributed by atoms with Gasteiger partial charge in [0.05, 0.1) is 23.7 Å². The lowest BCUT2D eigenvalue weighted by Gasteiger charge is -2.26. The Morgan fingerprint density at radius 1 is 1.21 bits per heavy atom. The summed E-state index contributed by atoms with van der Waals surface area (Å²) in [6, 6.07) is 8.14. The van der Waals surface area contributed by atoms with Crippen molar-refractivity contribution < 1.29 is 17.9 Å². The molecule has 2 N–H and O–H groups in total. The third kappa shape index (κ3) is 5.22. The molecule has 2 aliphatic rings. The summed E-state index contributed by atoms with van der Waals surface area (Å²) in [5.74, 6) is -0.274. The number of thiophene rings is 1. The van der Waals surface area contributed by atoms with E-state index in [2.05, 4.69) is 16.7 Å². The Labute approximate surface area is 198 Å². The maximum Gasteiger partial charge on any atom is 0.247 e. The minimum absolute atomic E-state index is 0.177. The van der Waals surface area contributed by atoms with Crippen LogP contribution in [-0.2, 0) is 32.4 Å². The van der Waals surface area contributed by atoms with Crippen molar-refractivity contribution in [2.24, 2.45) is 0 Å². The molecule has 33 heavy (non-hydrogen) atoms. The smallest absolute Gasteiger partial charge is 0.247 e. The van der Waals surface area contributed by atoms with Gasteiger partial charge in [-0.25, -0.2) is 8.42 Å². The van der Waals surface area contributed by atoms with E-state index in [9.17, 15) is 18.5 Å². The second-order valence-electron chi connectivity index (χ2n) is 8.28. The van der Waals surface area contributed by atoms with Crippen LogP contribution in [0.15, 0.2) is 29.2 Å². The monoisotopic (exact) mass is 488 g/mol. The lowest BCUT2D eigenvalue weighted by Crippen LogP contribution is -2.40. The minimum Gasteiger partial charge on any atom is -0.379 e. The number of carbonyl (C=O) groups is 1. The van der Waals surface area contributed by atoms with E-state index in [-0.39, 0.29) is 10.8 Å². The maximum absolute atomic E-state index is 12.9. The predicted molar refractivity (Wildman–Crippen MR) is 128 cm³/mol. The first kappa shape index (κ1) is 23.7. The fourth-order valence-electron chi connectivity index (χ4n) is 4.17. The molecule has 1 fully saturated rings. The largest absolute Gasteiger partial charge is 0.379 e. The van der Waals surface area contributed by atoms with E-state index in [4.69, 9.17) is 4.74 Å². The van der Waals surface area contributed by atoms with Crippen LogP contribution in [0.4, 0.5) is 10.7 Å². The summed E-state index contributed by atoms with van der Waals surface area (Å²) in [6.07, 6.45) is 5.15. The van der Waals surface area contributed by atoms with Gasteiger partial charge in [-0.15, -0.1) is 11.3 Å². The highest BCUT2D eigenvalue weighted by Gasteiger charge is 2.27. The Hall–Kier alpha value is -2.45. The van der Waals surface area contributed by atoms with E-state index in [1.54, 1.807) is 31.2 Å². The number of benzene rings is 1. The van der Waals surface area contributed by atoms with Gasteiger partial charge in [-0.2, -0.15) is 9.57 Å². The Bertz CT molecular complexity index is 1160. The van der Waals surface area contributed by atoms with Crippen molar-refractivity contribution in [3.05, 3.63) is 40.3 Å². The average Bonchev–Trinajstić information content (AvgIpc) is 2.98. The normalized spacial score (nSPS) is 17.9. The molecule has 0 saturated carbocycles. The van der Waals surface area contributed by atoms with Gasteiger partial charge in [-0.05, 0) is 56.4 Å². The predicted octanol–water partition coefficient (Wildman–Crippen LogP) is 3.35. The molecular formula is C23H28N4O4S2. The van der Waals surface area contributed by atoms with Gasteiger partial charge in [0.25, 0.3) is 0 Å². The number of anilines is 2. The van der Waals surface area contributed by atoms with Crippen molar-refractivity contribution >= 4 is 38.0 Å². The number of morpholine rings is 1. The molecule has 10 heteroatoms. The van der Waals surface area contributed by atoms with Gasteiger partial charge in [0.15, 0.2) is 0 Å². The van der Waals surface area contributed by atoms with E-state index >= 15 is 0 Å². The van der Waals surface area contributed by atoms with Crippen LogP contribution in [-0.4, -0.2) is 51.0 Å². The van der Waals surface area contributed by atoms with E-state index in [0.29, 0.717) is 42.6 Å². The fourth-order valence-corrected chi connectivity index (χ4v) is 6.86. The highest BCUT2D eigenvalue weighted by molar-refractivity contribution is 7.89. The maximum atomic E-state index is 12.9. The summed E-state index contributed by atoms with van der Waals surface area (Å²) in [5, 5.41) is 16.3. The third-order valence-corrected chi connectivity index (χ3v) is 9.09. The number of nitrogens with one attached hydrogen (secondary N) is 2. The molecule has 1 aromatic carbocycles. The molecule has 1 aromatic heterocycles. The molecule has 0 radical (unpaired) electrons. The number of amides is 1. The zero-order valence-electron chi connectivity index (χ0n) is 18.6. The zero-order chi connectivity index (χ0) is 23.4. The lowest BCUT2D eigenvalue weighted by molar-refractivity contribution is -0.116. The van der Waals surface area contributed by atoms with Crippen LogP contribution in [0.5, 0.6) is 0 Å². The molecule has 8 nitrogen and oxygen atoms in total. The molecule has 176 valence electrons. The first-order valence-corrected chi connectivity index (χ1v) is 13.5. The Morgan fingerprint density at radius 3 is 2.73 bits per heavy atom. The Morgan fingerprint density at radius 2 is 1.97 bits per heavy atom. The molecular weight excluding hydrogens is 460 g/mol. The highest BCUT2D eigenvalue weighted by Crippen LogP contribution is 2.37. The van der Waals surface area contributed by atoms with Crippen LogP contribution < -0.4 is 10.6 Å². The van der Waals surface area contributed by atoms with E-state index in [0.717, 1.165) is 37.7 Å². The molecule has 1 atom stereocenters. The van der Waals surface area contributed by atoms with Crippen LogP contribution in [0, 0.1) is 11.3 Å². The molecule has 1 aliphatic heterocycles. The first-order chi connectivity index (χ1) is 15.9. The van der Waals surface area contributed by atoms with Crippen molar-refractivity contribution in [2.45, 2.75) is 50.0 Å². The van der Waals surface area contributed by atoms with Gasteiger partial charge < -0.3 is 15.4 Å².